The van der Waals surface area contributed by atoms with Crippen LogP contribution in [0.3, 0.4) is 0 Å². The van der Waals surface area contributed by atoms with Crippen molar-refractivity contribution in [2.75, 3.05) is 5.32 Å². The van der Waals surface area contributed by atoms with Gasteiger partial charge in [0.05, 0.1) is 29.6 Å². The molecule has 3 rings (SSSR count). The third-order valence-corrected chi connectivity index (χ3v) is 3.84. The summed E-state index contributed by atoms with van der Waals surface area (Å²) in [4.78, 5) is 8.87. The molecule has 0 saturated heterocycles. The van der Waals surface area contributed by atoms with E-state index >= 15 is 0 Å². The fraction of sp³-hybridized carbons (Fsp3) is 0.0625. The molecule has 0 spiro atoms. The zero-order valence-corrected chi connectivity index (χ0v) is 12.0. The summed E-state index contributed by atoms with van der Waals surface area (Å²) in [6, 6.07) is 15.3. The van der Waals surface area contributed by atoms with Gasteiger partial charge in [-0.2, -0.15) is 5.26 Å². The minimum absolute atomic E-state index is 0.648. The summed E-state index contributed by atoms with van der Waals surface area (Å²) in [6.07, 6.45) is 1.77. The molecule has 5 heteroatoms. The first-order valence-corrected chi connectivity index (χ1v) is 7.33. The van der Waals surface area contributed by atoms with Crippen molar-refractivity contribution in [1.82, 2.24) is 9.97 Å². The molecule has 102 valence electrons. The molecule has 3 aromatic rings. The normalized spacial score (nSPS) is 10.0. The average molecular weight is 292 g/mol. The Balaban J connectivity index is 1.66. The molecule has 1 aromatic carbocycles. The molecule has 0 fully saturated rings. The number of thiazole rings is 1. The van der Waals surface area contributed by atoms with Gasteiger partial charge in [0.1, 0.15) is 5.01 Å². The molecule has 0 atom stereocenters. The van der Waals surface area contributed by atoms with E-state index in [0.717, 1.165) is 22.1 Å². The molecule has 0 aliphatic carbocycles. The van der Waals surface area contributed by atoms with Gasteiger partial charge in [0.25, 0.3) is 0 Å². The highest BCUT2D eigenvalue weighted by Gasteiger charge is 2.05. The second kappa shape index (κ2) is 6.16. The number of hydrogen-bond acceptors (Lipinski definition) is 5. The number of pyridine rings is 1. The minimum atomic E-state index is 0.648. The van der Waals surface area contributed by atoms with Crippen molar-refractivity contribution >= 4 is 17.0 Å². The Morgan fingerprint density at radius 3 is 2.71 bits per heavy atom. The number of hydrogen-bond donors (Lipinski definition) is 1. The lowest BCUT2D eigenvalue weighted by Crippen LogP contribution is -1.99. The van der Waals surface area contributed by atoms with E-state index in [-0.39, 0.29) is 0 Å². The number of anilines is 1. The van der Waals surface area contributed by atoms with E-state index in [1.807, 2.05) is 35.7 Å². The third-order valence-electron chi connectivity index (χ3n) is 2.92. The summed E-state index contributed by atoms with van der Waals surface area (Å²) < 4.78 is 0. The maximum Gasteiger partial charge on any atom is 0.142 e. The highest BCUT2D eigenvalue weighted by molar-refractivity contribution is 7.13. The van der Waals surface area contributed by atoms with Crippen LogP contribution in [0, 0.1) is 11.3 Å². The van der Waals surface area contributed by atoms with Gasteiger partial charge in [-0.05, 0) is 36.4 Å². The second-order valence-electron chi connectivity index (χ2n) is 4.40. The SMILES string of the molecule is N#Cc1ccc(NCc2csc(-c3ccccn3)n2)cc1. The van der Waals surface area contributed by atoms with Gasteiger partial charge >= 0.3 is 0 Å². The zero-order chi connectivity index (χ0) is 14.5. The van der Waals surface area contributed by atoms with Crippen molar-refractivity contribution in [3.63, 3.8) is 0 Å². The Bertz CT molecular complexity index is 757. The molecule has 0 aliphatic heterocycles. The number of nitriles is 1. The van der Waals surface area contributed by atoms with E-state index in [2.05, 4.69) is 21.4 Å². The summed E-state index contributed by atoms with van der Waals surface area (Å²) in [5.74, 6) is 0. The molecule has 2 heterocycles. The van der Waals surface area contributed by atoms with Crippen molar-refractivity contribution in [2.45, 2.75) is 6.54 Å². The Morgan fingerprint density at radius 1 is 1.14 bits per heavy atom. The quantitative estimate of drug-likeness (QED) is 0.796. The van der Waals surface area contributed by atoms with Crippen LogP contribution < -0.4 is 5.32 Å². The molecule has 1 N–H and O–H groups in total. The Hall–Kier alpha value is -2.71. The lowest BCUT2D eigenvalue weighted by Gasteiger charge is -2.03. The molecule has 21 heavy (non-hydrogen) atoms. The van der Waals surface area contributed by atoms with Crippen LogP contribution in [0.25, 0.3) is 10.7 Å². The molecule has 0 bridgehead atoms. The highest BCUT2D eigenvalue weighted by Crippen LogP contribution is 2.21. The molecule has 4 nitrogen and oxygen atoms in total. The van der Waals surface area contributed by atoms with Gasteiger partial charge in [-0.1, -0.05) is 6.07 Å². The van der Waals surface area contributed by atoms with E-state index in [9.17, 15) is 0 Å². The summed E-state index contributed by atoms with van der Waals surface area (Å²) in [5, 5.41) is 15.0. The number of nitrogens with one attached hydrogen (secondary N) is 1. The van der Waals surface area contributed by atoms with Crippen LogP contribution in [0.5, 0.6) is 0 Å². The first-order valence-electron chi connectivity index (χ1n) is 6.45. The lowest BCUT2D eigenvalue weighted by atomic mass is 10.2. The van der Waals surface area contributed by atoms with Crippen molar-refractivity contribution in [3.8, 4) is 16.8 Å². The molecule has 2 aromatic heterocycles. The maximum atomic E-state index is 8.76. The molecule has 0 radical (unpaired) electrons. The van der Waals surface area contributed by atoms with Crippen molar-refractivity contribution in [1.29, 1.82) is 5.26 Å². The van der Waals surface area contributed by atoms with E-state index < -0.39 is 0 Å². The summed E-state index contributed by atoms with van der Waals surface area (Å²) in [6.45, 7) is 0.648. The van der Waals surface area contributed by atoms with E-state index in [4.69, 9.17) is 5.26 Å². The zero-order valence-electron chi connectivity index (χ0n) is 11.2. The summed E-state index contributed by atoms with van der Waals surface area (Å²) >= 11 is 1.59. The minimum Gasteiger partial charge on any atom is -0.379 e. The van der Waals surface area contributed by atoms with Gasteiger partial charge in [0.2, 0.25) is 0 Å². The number of nitrogens with zero attached hydrogens (tertiary/aromatic N) is 3. The van der Waals surface area contributed by atoms with Crippen LogP contribution in [0.1, 0.15) is 11.3 Å². The van der Waals surface area contributed by atoms with Crippen LogP contribution in [0.4, 0.5) is 5.69 Å². The topological polar surface area (TPSA) is 61.6 Å². The van der Waals surface area contributed by atoms with E-state index in [0.29, 0.717) is 12.1 Å². The van der Waals surface area contributed by atoms with Crippen molar-refractivity contribution in [2.24, 2.45) is 0 Å². The average Bonchev–Trinajstić information content (AvgIpc) is 3.03. The van der Waals surface area contributed by atoms with Crippen LogP contribution in [0.2, 0.25) is 0 Å². The molecule has 0 saturated carbocycles. The van der Waals surface area contributed by atoms with Gasteiger partial charge in [0, 0.05) is 17.3 Å². The predicted molar refractivity (Wildman–Crippen MR) is 83.8 cm³/mol. The fourth-order valence-corrected chi connectivity index (χ4v) is 2.65. The molecular weight excluding hydrogens is 280 g/mol. The third kappa shape index (κ3) is 3.25. The Morgan fingerprint density at radius 2 is 2.00 bits per heavy atom. The number of benzene rings is 1. The van der Waals surface area contributed by atoms with Gasteiger partial charge in [-0.3, -0.25) is 4.98 Å². The second-order valence-corrected chi connectivity index (χ2v) is 5.26. The first-order chi connectivity index (χ1) is 10.3. The van der Waals surface area contributed by atoms with Gasteiger partial charge < -0.3 is 5.32 Å². The first kappa shape index (κ1) is 13.3. The van der Waals surface area contributed by atoms with Gasteiger partial charge in [-0.15, -0.1) is 11.3 Å². The monoisotopic (exact) mass is 292 g/mol. The van der Waals surface area contributed by atoms with E-state index in [1.165, 1.54) is 0 Å². The molecular formula is C16H12N4S. The van der Waals surface area contributed by atoms with E-state index in [1.54, 1.807) is 29.7 Å². The number of rotatable bonds is 4. The lowest BCUT2D eigenvalue weighted by molar-refractivity contribution is 1.07. The number of aromatic nitrogens is 2. The summed E-state index contributed by atoms with van der Waals surface area (Å²) in [7, 11) is 0. The fourth-order valence-electron chi connectivity index (χ4n) is 1.85. The summed E-state index contributed by atoms with van der Waals surface area (Å²) in [5.41, 5.74) is 3.50. The van der Waals surface area contributed by atoms with Crippen molar-refractivity contribution < 1.29 is 0 Å². The largest absolute Gasteiger partial charge is 0.379 e. The molecule has 0 amide bonds. The van der Waals surface area contributed by atoms with Gasteiger partial charge in [0.15, 0.2) is 0 Å². The highest BCUT2D eigenvalue weighted by atomic mass is 32.1. The van der Waals surface area contributed by atoms with Crippen molar-refractivity contribution in [3.05, 3.63) is 65.3 Å². The predicted octanol–water partition coefficient (Wildman–Crippen LogP) is 3.69. The van der Waals surface area contributed by atoms with Gasteiger partial charge in [-0.25, -0.2) is 4.98 Å². The smallest absolute Gasteiger partial charge is 0.142 e. The van der Waals surface area contributed by atoms with Crippen LogP contribution in [-0.2, 0) is 6.54 Å². The molecule has 0 aliphatic rings. The Labute approximate surface area is 126 Å². The van der Waals surface area contributed by atoms with Crippen LogP contribution >= 0.6 is 11.3 Å². The van der Waals surface area contributed by atoms with Crippen LogP contribution in [-0.4, -0.2) is 9.97 Å². The standard InChI is InChI=1S/C16H12N4S/c17-9-12-4-6-13(7-5-12)19-10-14-11-21-16(20-14)15-3-1-2-8-18-15/h1-8,11,19H,10H2. The Kier molecular flexibility index (Phi) is 3.90. The maximum absolute atomic E-state index is 8.76. The molecule has 0 unspecified atom stereocenters. The van der Waals surface area contributed by atoms with Crippen LogP contribution in [0.15, 0.2) is 54.0 Å².